The number of nitrogens with zero attached hydrogens (tertiary/aromatic N) is 3. The summed E-state index contributed by atoms with van der Waals surface area (Å²) < 4.78 is 14.2. The van der Waals surface area contributed by atoms with Gasteiger partial charge in [0.25, 0.3) is 0 Å². The van der Waals surface area contributed by atoms with Crippen LogP contribution in [0.3, 0.4) is 0 Å². The number of carbonyl (C=O) groups excluding carboxylic acids is 1. The van der Waals surface area contributed by atoms with E-state index in [4.69, 9.17) is 31.2 Å². The molecule has 1 fully saturated rings. The second kappa shape index (κ2) is 13.0. The van der Waals surface area contributed by atoms with E-state index in [2.05, 4.69) is 17.4 Å². The fourth-order valence-electron chi connectivity index (χ4n) is 5.47. The monoisotopic (exact) mass is 600 g/mol. The lowest BCUT2D eigenvalue weighted by Crippen LogP contribution is -2.32. The maximum absolute atomic E-state index is 13.9. The molecule has 1 aromatic heterocycles. The second-order valence-corrected chi connectivity index (χ2v) is 11.9. The van der Waals surface area contributed by atoms with Gasteiger partial charge in [0.05, 0.1) is 5.57 Å². The molecule has 2 heterocycles. The first-order valence-corrected chi connectivity index (χ1v) is 15.7. The number of esters is 1. The van der Waals surface area contributed by atoms with Crippen LogP contribution in [0.5, 0.6) is 5.75 Å². The number of nitrogens with one attached hydrogen (secondary N) is 1. The minimum absolute atomic E-state index is 0.0759. The number of ether oxygens (including phenoxy) is 2. The number of anilines is 1. The number of aromatic nitrogens is 3. The van der Waals surface area contributed by atoms with E-state index in [1.807, 2.05) is 73.7 Å². The van der Waals surface area contributed by atoms with Crippen LogP contribution in [-0.2, 0) is 21.9 Å². The minimum atomic E-state index is -0.585. The summed E-state index contributed by atoms with van der Waals surface area (Å²) in [7, 11) is 0. The topological polar surface area (TPSA) is 78.3 Å². The molecule has 1 aliphatic heterocycles. The Morgan fingerprint density at radius 2 is 1.74 bits per heavy atom. The molecule has 6 rings (SSSR count). The highest BCUT2D eigenvalue weighted by Gasteiger charge is 2.37. The van der Waals surface area contributed by atoms with Crippen molar-refractivity contribution in [3.8, 4) is 5.75 Å². The molecule has 1 N–H and O–H groups in total. The summed E-state index contributed by atoms with van der Waals surface area (Å²) in [6.45, 7) is 2.18. The smallest absolute Gasteiger partial charge is 0.338 e. The SMILES string of the molecule is CC1=C(C(=O)OC2CCCCC2)C(c2ccccc2OCc2ccccc2Cl)n2nc(SCc3ccccc3)nc2N1. The van der Waals surface area contributed by atoms with Crippen molar-refractivity contribution in [3.63, 3.8) is 0 Å². The maximum atomic E-state index is 13.9. The van der Waals surface area contributed by atoms with Gasteiger partial charge in [-0.1, -0.05) is 96.5 Å². The Bertz CT molecular complexity index is 1580. The van der Waals surface area contributed by atoms with Crippen LogP contribution in [0.15, 0.2) is 95.3 Å². The second-order valence-electron chi connectivity index (χ2n) is 10.6. The van der Waals surface area contributed by atoms with Gasteiger partial charge in [-0.05, 0) is 50.3 Å². The summed E-state index contributed by atoms with van der Waals surface area (Å²) in [6.07, 6.45) is 5.04. The van der Waals surface area contributed by atoms with Gasteiger partial charge in [0.1, 0.15) is 24.5 Å². The van der Waals surface area contributed by atoms with Crippen LogP contribution in [-0.4, -0.2) is 26.8 Å². The maximum Gasteiger partial charge on any atom is 0.338 e. The average Bonchev–Trinajstić information content (AvgIpc) is 3.42. The Morgan fingerprint density at radius 3 is 2.55 bits per heavy atom. The quantitative estimate of drug-likeness (QED) is 0.154. The third kappa shape index (κ3) is 6.35. The standard InChI is InChI=1S/C33H33ClN4O3S/c1-22-29(31(39)41-25-15-6-3-7-16-25)30(26-17-9-11-19-28(26)40-20-24-14-8-10-18-27(24)34)38-32(35-22)36-33(37-38)42-21-23-12-4-2-5-13-23/h2,4-5,8-14,17-19,25,30H,3,6-7,15-16,20-21H2,1H3,(H,35,36,37). The van der Waals surface area contributed by atoms with Gasteiger partial charge in [-0.15, -0.1) is 5.10 Å². The lowest BCUT2D eigenvalue weighted by molar-refractivity contribution is -0.146. The molecule has 3 aromatic carbocycles. The van der Waals surface area contributed by atoms with E-state index in [0.29, 0.717) is 33.1 Å². The van der Waals surface area contributed by atoms with E-state index in [1.165, 1.54) is 12.0 Å². The lowest BCUT2D eigenvalue weighted by atomic mass is 9.94. The largest absolute Gasteiger partial charge is 0.488 e. The van der Waals surface area contributed by atoms with Crippen molar-refractivity contribution in [2.24, 2.45) is 0 Å². The number of para-hydroxylation sites is 1. The molecule has 1 aliphatic carbocycles. The highest BCUT2D eigenvalue weighted by atomic mass is 35.5. The fraction of sp³-hybridized carbons (Fsp3) is 0.303. The first-order chi connectivity index (χ1) is 20.6. The van der Waals surface area contributed by atoms with Gasteiger partial charge in [-0.2, -0.15) is 4.98 Å². The number of carbonyl (C=O) groups is 1. The van der Waals surface area contributed by atoms with E-state index in [0.717, 1.165) is 42.6 Å². The van der Waals surface area contributed by atoms with Gasteiger partial charge in [0, 0.05) is 27.6 Å². The molecule has 2 aliphatic rings. The molecule has 7 nitrogen and oxygen atoms in total. The van der Waals surface area contributed by atoms with Crippen LogP contribution >= 0.6 is 23.4 Å². The summed E-state index contributed by atoms with van der Waals surface area (Å²) in [5, 5.41) is 9.49. The zero-order chi connectivity index (χ0) is 28.9. The van der Waals surface area contributed by atoms with Gasteiger partial charge in [0.15, 0.2) is 0 Å². The van der Waals surface area contributed by atoms with Crippen molar-refractivity contribution in [3.05, 3.63) is 112 Å². The van der Waals surface area contributed by atoms with Crippen LogP contribution in [0, 0.1) is 0 Å². The predicted octanol–water partition coefficient (Wildman–Crippen LogP) is 7.97. The van der Waals surface area contributed by atoms with Gasteiger partial charge >= 0.3 is 5.97 Å². The third-order valence-corrected chi connectivity index (χ3v) is 8.92. The molecule has 0 amide bonds. The van der Waals surface area contributed by atoms with E-state index in [1.54, 1.807) is 16.4 Å². The highest BCUT2D eigenvalue weighted by molar-refractivity contribution is 7.98. The molecular formula is C33H33ClN4O3S. The van der Waals surface area contributed by atoms with E-state index in [-0.39, 0.29) is 18.7 Å². The number of rotatable bonds is 9. The molecule has 4 aromatic rings. The molecule has 42 heavy (non-hydrogen) atoms. The minimum Gasteiger partial charge on any atom is -0.488 e. The highest BCUT2D eigenvalue weighted by Crippen LogP contribution is 2.41. The molecule has 0 spiro atoms. The summed E-state index contributed by atoms with van der Waals surface area (Å²) in [5.41, 5.74) is 4.06. The van der Waals surface area contributed by atoms with Gasteiger partial charge in [-0.3, -0.25) is 0 Å². The van der Waals surface area contributed by atoms with Gasteiger partial charge in [-0.25, -0.2) is 9.48 Å². The molecule has 9 heteroatoms. The van der Waals surface area contributed by atoms with Crippen molar-refractivity contribution >= 4 is 35.3 Å². The predicted molar refractivity (Wildman–Crippen MR) is 166 cm³/mol. The molecule has 0 saturated heterocycles. The molecule has 0 radical (unpaired) electrons. The van der Waals surface area contributed by atoms with Crippen molar-refractivity contribution in [2.45, 2.75) is 68.7 Å². The Labute approximate surface area is 255 Å². The van der Waals surface area contributed by atoms with E-state index < -0.39 is 6.04 Å². The van der Waals surface area contributed by atoms with E-state index >= 15 is 0 Å². The molecule has 0 bridgehead atoms. The number of allylic oxidation sites excluding steroid dienone is 1. The molecule has 1 unspecified atom stereocenters. The Kier molecular flexibility index (Phi) is 8.81. The summed E-state index contributed by atoms with van der Waals surface area (Å²) in [4.78, 5) is 18.7. The van der Waals surface area contributed by atoms with Crippen LogP contribution in [0.1, 0.15) is 61.8 Å². The van der Waals surface area contributed by atoms with Crippen molar-refractivity contribution < 1.29 is 14.3 Å². The number of benzene rings is 3. The number of hydrogen-bond donors (Lipinski definition) is 1. The summed E-state index contributed by atoms with van der Waals surface area (Å²) in [6, 6.07) is 25.0. The zero-order valence-corrected chi connectivity index (χ0v) is 25.0. The fourth-order valence-corrected chi connectivity index (χ4v) is 6.45. The first kappa shape index (κ1) is 28.4. The zero-order valence-electron chi connectivity index (χ0n) is 23.5. The Balaban J connectivity index is 1.35. The van der Waals surface area contributed by atoms with Gasteiger partial charge in [0.2, 0.25) is 11.1 Å². The van der Waals surface area contributed by atoms with E-state index in [9.17, 15) is 4.79 Å². The van der Waals surface area contributed by atoms with Gasteiger partial charge < -0.3 is 14.8 Å². The Hall–Kier alpha value is -3.75. The van der Waals surface area contributed by atoms with Crippen LogP contribution < -0.4 is 10.1 Å². The normalized spacial score (nSPS) is 17.0. The third-order valence-electron chi connectivity index (χ3n) is 7.64. The number of fused-ring (bicyclic) bond motifs is 1. The first-order valence-electron chi connectivity index (χ1n) is 14.3. The van der Waals surface area contributed by atoms with Crippen LogP contribution in [0.2, 0.25) is 5.02 Å². The number of halogens is 1. The summed E-state index contributed by atoms with van der Waals surface area (Å²) >= 11 is 7.97. The van der Waals surface area contributed by atoms with Crippen LogP contribution in [0.25, 0.3) is 0 Å². The van der Waals surface area contributed by atoms with Crippen molar-refractivity contribution in [2.75, 3.05) is 5.32 Å². The molecule has 1 atom stereocenters. The number of hydrogen-bond acceptors (Lipinski definition) is 7. The Morgan fingerprint density at radius 1 is 1.00 bits per heavy atom. The number of thioether (sulfide) groups is 1. The molecule has 1 saturated carbocycles. The van der Waals surface area contributed by atoms with Crippen molar-refractivity contribution in [1.29, 1.82) is 0 Å². The lowest BCUT2D eigenvalue weighted by Gasteiger charge is -2.30. The van der Waals surface area contributed by atoms with Crippen LogP contribution in [0.4, 0.5) is 5.95 Å². The molecular weight excluding hydrogens is 568 g/mol. The van der Waals surface area contributed by atoms with Crippen molar-refractivity contribution in [1.82, 2.24) is 14.8 Å². The summed E-state index contributed by atoms with van der Waals surface area (Å²) in [5.74, 6) is 1.61. The molecule has 216 valence electrons. The average molecular weight is 601 g/mol.